The third kappa shape index (κ3) is 8.30. The van der Waals surface area contributed by atoms with Crippen molar-refractivity contribution in [1.29, 1.82) is 0 Å². The molecule has 2 amide bonds. The van der Waals surface area contributed by atoms with Gasteiger partial charge in [-0.05, 0) is 62.2 Å². The summed E-state index contributed by atoms with van der Waals surface area (Å²) in [5.41, 5.74) is 0.523. The molecule has 1 N–H and O–H groups in total. The first kappa shape index (κ1) is 33.0. The largest absolute Gasteiger partial charge is 0.352 e. The SMILES string of the molecule is CC[C@H](C(=O)N[C@@H](C)CC)N(Cc1c(Cl)cccc1Cl)C(=O)CN(c1cc(Cl)cc(Cl)c1)S(=O)(=O)c1ccccc1. The van der Waals surface area contributed by atoms with E-state index >= 15 is 0 Å². The molecule has 0 spiro atoms. The molecule has 0 aromatic heterocycles. The summed E-state index contributed by atoms with van der Waals surface area (Å²) in [7, 11) is -4.27. The minimum absolute atomic E-state index is 0.0360. The Morgan fingerprint density at radius 3 is 1.98 bits per heavy atom. The fraction of sp³-hybridized carbons (Fsp3) is 0.310. The first-order chi connectivity index (χ1) is 19.4. The quantitative estimate of drug-likeness (QED) is 0.223. The van der Waals surface area contributed by atoms with E-state index in [9.17, 15) is 18.0 Å². The molecular formula is C29H31Cl4N3O4S. The Bertz CT molecular complexity index is 1450. The summed E-state index contributed by atoms with van der Waals surface area (Å²) in [4.78, 5) is 28.8. The van der Waals surface area contributed by atoms with Crippen LogP contribution in [0.3, 0.4) is 0 Å². The number of anilines is 1. The molecule has 0 saturated heterocycles. The van der Waals surface area contributed by atoms with Gasteiger partial charge in [-0.25, -0.2) is 8.42 Å². The minimum atomic E-state index is -4.27. The van der Waals surface area contributed by atoms with E-state index in [4.69, 9.17) is 46.4 Å². The van der Waals surface area contributed by atoms with Crippen molar-refractivity contribution in [3.8, 4) is 0 Å². The molecule has 3 aromatic carbocycles. The molecule has 0 saturated carbocycles. The summed E-state index contributed by atoms with van der Waals surface area (Å²) >= 11 is 25.3. The van der Waals surface area contributed by atoms with E-state index in [0.717, 1.165) is 4.31 Å². The lowest BCUT2D eigenvalue weighted by Crippen LogP contribution is -2.53. The second kappa shape index (κ2) is 14.6. The van der Waals surface area contributed by atoms with Crippen molar-refractivity contribution in [3.63, 3.8) is 0 Å². The van der Waals surface area contributed by atoms with E-state index in [-0.39, 0.29) is 45.5 Å². The second-order valence-corrected chi connectivity index (χ2v) is 13.0. The smallest absolute Gasteiger partial charge is 0.264 e. The molecule has 41 heavy (non-hydrogen) atoms. The molecule has 7 nitrogen and oxygen atoms in total. The Hall–Kier alpha value is -2.49. The molecule has 0 heterocycles. The van der Waals surface area contributed by atoms with Gasteiger partial charge in [-0.1, -0.05) is 84.5 Å². The fourth-order valence-corrected chi connectivity index (χ4v) is 6.60. The number of hydrogen-bond acceptors (Lipinski definition) is 4. The Labute approximate surface area is 261 Å². The Kier molecular flexibility index (Phi) is 11.8. The maximum absolute atomic E-state index is 14.1. The Balaban J connectivity index is 2.12. The zero-order valence-electron chi connectivity index (χ0n) is 22.8. The van der Waals surface area contributed by atoms with Crippen molar-refractivity contribution < 1.29 is 18.0 Å². The second-order valence-electron chi connectivity index (χ2n) is 9.42. The summed E-state index contributed by atoms with van der Waals surface area (Å²) < 4.78 is 28.7. The van der Waals surface area contributed by atoms with Crippen LogP contribution in [0.4, 0.5) is 5.69 Å². The van der Waals surface area contributed by atoms with Crippen LogP contribution in [0.5, 0.6) is 0 Å². The highest BCUT2D eigenvalue weighted by atomic mass is 35.5. The van der Waals surface area contributed by atoms with Gasteiger partial charge in [-0.2, -0.15) is 0 Å². The maximum atomic E-state index is 14.1. The normalized spacial score (nSPS) is 12.9. The van der Waals surface area contributed by atoms with Crippen LogP contribution in [0.2, 0.25) is 20.1 Å². The number of amides is 2. The average molecular weight is 659 g/mol. The van der Waals surface area contributed by atoms with Crippen LogP contribution < -0.4 is 9.62 Å². The maximum Gasteiger partial charge on any atom is 0.264 e. The van der Waals surface area contributed by atoms with E-state index in [0.29, 0.717) is 22.0 Å². The number of carbonyl (C=O) groups is 2. The van der Waals surface area contributed by atoms with Gasteiger partial charge in [0.2, 0.25) is 11.8 Å². The summed E-state index contributed by atoms with van der Waals surface area (Å²) in [6.07, 6.45) is 0.940. The Morgan fingerprint density at radius 1 is 0.854 bits per heavy atom. The molecule has 0 radical (unpaired) electrons. The van der Waals surface area contributed by atoms with Crippen LogP contribution in [0, 0.1) is 0 Å². The molecule has 0 aliphatic heterocycles. The van der Waals surface area contributed by atoms with E-state index in [2.05, 4.69) is 5.32 Å². The number of nitrogens with zero attached hydrogens (tertiary/aromatic N) is 2. The lowest BCUT2D eigenvalue weighted by Gasteiger charge is -2.34. The highest BCUT2D eigenvalue weighted by Crippen LogP contribution is 2.31. The lowest BCUT2D eigenvalue weighted by atomic mass is 10.1. The van der Waals surface area contributed by atoms with Gasteiger partial charge in [-0.3, -0.25) is 13.9 Å². The molecule has 0 unspecified atom stereocenters. The number of carbonyl (C=O) groups excluding carboxylic acids is 2. The molecule has 0 bridgehead atoms. The van der Waals surface area contributed by atoms with Crippen molar-refractivity contribution in [1.82, 2.24) is 10.2 Å². The molecule has 3 rings (SSSR count). The number of halogens is 4. The molecule has 3 aromatic rings. The number of benzene rings is 3. The summed E-state index contributed by atoms with van der Waals surface area (Å²) in [6.45, 7) is 4.78. The highest BCUT2D eigenvalue weighted by molar-refractivity contribution is 7.92. The molecule has 12 heteroatoms. The summed E-state index contributed by atoms with van der Waals surface area (Å²) in [6, 6.07) is 15.8. The van der Waals surface area contributed by atoms with Crippen LogP contribution >= 0.6 is 46.4 Å². The highest BCUT2D eigenvalue weighted by Gasteiger charge is 2.34. The summed E-state index contributed by atoms with van der Waals surface area (Å²) in [5, 5.41) is 3.91. The van der Waals surface area contributed by atoms with Crippen molar-refractivity contribution in [2.24, 2.45) is 0 Å². The van der Waals surface area contributed by atoms with E-state index in [1.807, 2.05) is 13.8 Å². The first-order valence-electron chi connectivity index (χ1n) is 13.0. The van der Waals surface area contributed by atoms with Crippen LogP contribution in [-0.2, 0) is 26.2 Å². The minimum Gasteiger partial charge on any atom is -0.352 e. The standard InChI is InChI=1S/C29H31Cl4N3O4S/c1-4-19(3)34-29(38)27(5-2)35(17-24-25(32)12-9-13-26(24)33)28(37)18-36(22-15-20(30)14-21(31)16-22)41(39,40)23-10-7-6-8-11-23/h6-16,19,27H,4-5,17-18H2,1-3H3,(H,34,38)/t19-,27+/m0/s1. The van der Waals surface area contributed by atoms with Crippen molar-refractivity contribution in [2.75, 3.05) is 10.8 Å². The number of hydrogen-bond donors (Lipinski definition) is 1. The van der Waals surface area contributed by atoms with Crippen LogP contribution in [-0.4, -0.2) is 43.8 Å². The molecule has 2 atom stereocenters. The summed E-state index contributed by atoms with van der Waals surface area (Å²) in [5.74, 6) is -1.02. The molecule has 0 fully saturated rings. The fourth-order valence-electron chi connectivity index (χ4n) is 4.15. The monoisotopic (exact) mass is 657 g/mol. The lowest BCUT2D eigenvalue weighted by molar-refractivity contribution is -0.140. The van der Waals surface area contributed by atoms with Gasteiger partial charge in [0.05, 0.1) is 10.6 Å². The average Bonchev–Trinajstić information content (AvgIpc) is 2.92. The number of sulfonamides is 1. The Morgan fingerprint density at radius 2 is 1.44 bits per heavy atom. The van der Waals surface area contributed by atoms with Gasteiger partial charge < -0.3 is 10.2 Å². The third-order valence-electron chi connectivity index (χ3n) is 6.52. The van der Waals surface area contributed by atoms with Gasteiger partial charge in [-0.15, -0.1) is 0 Å². The van der Waals surface area contributed by atoms with Crippen LogP contribution in [0.25, 0.3) is 0 Å². The van der Waals surface area contributed by atoms with Gasteiger partial charge in [0.1, 0.15) is 12.6 Å². The third-order valence-corrected chi connectivity index (χ3v) is 9.46. The molecular weight excluding hydrogens is 628 g/mol. The predicted molar refractivity (Wildman–Crippen MR) is 166 cm³/mol. The number of rotatable bonds is 12. The molecule has 0 aliphatic carbocycles. The van der Waals surface area contributed by atoms with Crippen molar-refractivity contribution in [3.05, 3.63) is 92.4 Å². The van der Waals surface area contributed by atoms with Crippen LogP contribution in [0.15, 0.2) is 71.6 Å². The molecule has 0 aliphatic rings. The van der Waals surface area contributed by atoms with E-state index < -0.39 is 28.5 Å². The zero-order valence-corrected chi connectivity index (χ0v) is 26.6. The molecule has 220 valence electrons. The number of nitrogens with one attached hydrogen (secondary N) is 1. The van der Waals surface area contributed by atoms with Crippen LogP contribution in [0.1, 0.15) is 39.2 Å². The van der Waals surface area contributed by atoms with Gasteiger partial charge in [0, 0.05) is 38.2 Å². The van der Waals surface area contributed by atoms with Crippen molar-refractivity contribution >= 4 is 73.9 Å². The van der Waals surface area contributed by atoms with E-state index in [1.54, 1.807) is 43.3 Å². The van der Waals surface area contributed by atoms with Crippen molar-refractivity contribution in [2.45, 2.75) is 57.1 Å². The van der Waals surface area contributed by atoms with Gasteiger partial charge in [0.15, 0.2) is 0 Å². The van der Waals surface area contributed by atoms with E-state index in [1.165, 1.54) is 35.2 Å². The predicted octanol–water partition coefficient (Wildman–Crippen LogP) is 7.22. The first-order valence-corrected chi connectivity index (χ1v) is 15.9. The van der Waals surface area contributed by atoms with Gasteiger partial charge in [0.25, 0.3) is 10.0 Å². The topological polar surface area (TPSA) is 86.8 Å². The zero-order chi connectivity index (χ0) is 30.3. The van der Waals surface area contributed by atoms with Gasteiger partial charge >= 0.3 is 0 Å².